The monoisotopic (exact) mass is 578 g/mol. The van der Waals surface area contributed by atoms with Gasteiger partial charge in [-0.2, -0.15) is 8.78 Å². The first-order chi connectivity index (χ1) is 20.2. The third-order valence-electron chi connectivity index (χ3n) is 7.24. The van der Waals surface area contributed by atoms with Crippen LogP contribution in [0.4, 0.5) is 22.0 Å². The molecule has 4 aromatic rings. The summed E-state index contributed by atoms with van der Waals surface area (Å²) in [7, 11) is 0. The highest BCUT2D eigenvalue weighted by atomic mass is 19.3. The van der Waals surface area contributed by atoms with Crippen molar-refractivity contribution in [3.05, 3.63) is 126 Å². The summed E-state index contributed by atoms with van der Waals surface area (Å²) >= 11 is 0. The van der Waals surface area contributed by atoms with E-state index in [9.17, 15) is 22.0 Å². The van der Waals surface area contributed by atoms with E-state index in [-0.39, 0.29) is 23.3 Å². The van der Waals surface area contributed by atoms with Crippen LogP contribution in [0.25, 0.3) is 22.3 Å². The van der Waals surface area contributed by atoms with Crippen LogP contribution >= 0.6 is 0 Å². The SMILES string of the molecule is C=CCCc1ccc(-c2ccc(OC(F)(F)CCCCCCCc3ccc(-c4ccc(F)c(F)c4)c(F)c3)cc2)cc1. The fraction of sp³-hybridized carbons (Fsp3) is 0.278. The molecule has 0 atom stereocenters. The first-order valence-electron chi connectivity index (χ1n) is 14.3. The van der Waals surface area contributed by atoms with Gasteiger partial charge in [0.2, 0.25) is 0 Å². The van der Waals surface area contributed by atoms with Crippen molar-refractivity contribution in [3.63, 3.8) is 0 Å². The molecule has 220 valence electrons. The molecule has 0 saturated carbocycles. The van der Waals surface area contributed by atoms with Crippen molar-refractivity contribution >= 4 is 0 Å². The molecule has 0 aromatic heterocycles. The minimum absolute atomic E-state index is 0.133. The molecule has 0 aliphatic rings. The second-order valence-electron chi connectivity index (χ2n) is 10.5. The lowest BCUT2D eigenvalue weighted by atomic mass is 10.00. The third kappa shape index (κ3) is 9.04. The number of rotatable bonds is 15. The van der Waals surface area contributed by atoms with E-state index < -0.39 is 23.6 Å². The standard InChI is InChI=1S/C36H35F5O/c1-2-3-9-26-11-14-28(15-12-26)29-16-19-31(20-17-29)42-36(40,41)23-8-6-4-5-7-10-27-13-21-32(34(38)24-27)30-18-22-33(37)35(39)25-30/h2,11-22,24-25H,1,3-10,23H2. The Morgan fingerprint density at radius 1 is 0.595 bits per heavy atom. The summed E-state index contributed by atoms with van der Waals surface area (Å²) in [6.07, 6.45) is 4.16. The van der Waals surface area contributed by atoms with Gasteiger partial charge in [-0.1, -0.05) is 79.9 Å². The van der Waals surface area contributed by atoms with Crippen LogP contribution in [0.5, 0.6) is 5.75 Å². The Hall–Kier alpha value is -3.93. The second-order valence-corrected chi connectivity index (χ2v) is 10.5. The average molecular weight is 579 g/mol. The van der Waals surface area contributed by atoms with Gasteiger partial charge in [-0.15, -0.1) is 6.58 Å². The molecule has 42 heavy (non-hydrogen) atoms. The fourth-order valence-electron chi connectivity index (χ4n) is 4.87. The zero-order chi connectivity index (χ0) is 30.0. The van der Waals surface area contributed by atoms with Gasteiger partial charge in [-0.25, -0.2) is 13.2 Å². The van der Waals surface area contributed by atoms with Gasteiger partial charge in [0.25, 0.3) is 0 Å². The molecule has 0 bridgehead atoms. The van der Waals surface area contributed by atoms with E-state index in [0.29, 0.717) is 19.3 Å². The number of halogens is 5. The Morgan fingerprint density at radius 3 is 1.88 bits per heavy atom. The quantitative estimate of drug-likeness (QED) is 0.0775. The second kappa shape index (κ2) is 14.8. The summed E-state index contributed by atoms with van der Waals surface area (Å²) in [5, 5.41) is 0. The number of alkyl halides is 2. The van der Waals surface area contributed by atoms with Crippen molar-refractivity contribution in [1.82, 2.24) is 0 Å². The molecule has 0 heterocycles. The summed E-state index contributed by atoms with van der Waals surface area (Å²) in [5.41, 5.74) is 4.45. The number of unbranched alkanes of at least 4 members (excludes halogenated alkanes) is 4. The van der Waals surface area contributed by atoms with Gasteiger partial charge in [0.05, 0.1) is 6.42 Å². The maximum atomic E-state index is 14.6. The molecule has 0 amide bonds. The van der Waals surface area contributed by atoms with Gasteiger partial charge in [0.1, 0.15) is 11.6 Å². The van der Waals surface area contributed by atoms with Gasteiger partial charge in [-0.3, -0.25) is 0 Å². The van der Waals surface area contributed by atoms with E-state index in [4.69, 9.17) is 4.74 Å². The number of aryl methyl sites for hydroxylation is 2. The smallest absolute Gasteiger partial charge is 0.397 e. The molecular formula is C36H35F5O. The maximum Gasteiger partial charge on any atom is 0.397 e. The van der Waals surface area contributed by atoms with E-state index in [0.717, 1.165) is 60.9 Å². The molecule has 0 saturated heterocycles. The van der Waals surface area contributed by atoms with Crippen LogP contribution in [-0.2, 0) is 12.8 Å². The molecule has 0 aliphatic heterocycles. The molecule has 1 nitrogen and oxygen atoms in total. The van der Waals surface area contributed by atoms with Crippen LogP contribution in [0.15, 0.2) is 97.6 Å². The molecule has 0 aliphatic carbocycles. The summed E-state index contributed by atoms with van der Waals surface area (Å²) < 4.78 is 75.0. The third-order valence-corrected chi connectivity index (χ3v) is 7.24. The fourth-order valence-corrected chi connectivity index (χ4v) is 4.87. The Morgan fingerprint density at radius 2 is 1.21 bits per heavy atom. The summed E-state index contributed by atoms with van der Waals surface area (Å²) in [6.45, 7) is 3.74. The van der Waals surface area contributed by atoms with Gasteiger partial charge >= 0.3 is 6.11 Å². The van der Waals surface area contributed by atoms with E-state index in [1.165, 1.54) is 17.7 Å². The minimum atomic E-state index is -3.25. The topological polar surface area (TPSA) is 9.23 Å². The van der Waals surface area contributed by atoms with Crippen LogP contribution in [0.1, 0.15) is 56.1 Å². The minimum Gasteiger partial charge on any atom is -0.433 e. The lowest BCUT2D eigenvalue weighted by molar-refractivity contribution is -0.181. The van der Waals surface area contributed by atoms with Crippen LogP contribution in [0.3, 0.4) is 0 Å². The molecule has 4 rings (SSSR count). The molecule has 0 N–H and O–H groups in total. The zero-order valence-corrected chi connectivity index (χ0v) is 23.5. The Labute approximate surface area is 244 Å². The first kappa shape index (κ1) is 31.0. The molecule has 4 aromatic carbocycles. The molecule has 0 fully saturated rings. The van der Waals surface area contributed by atoms with Gasteiger partial charge in [-0.05, 0) is 90.3 Å². The molecule has 0 spiro atoms. The number of benzene rings is 4. The Kier molecular flexibility index (Phi) is 10.9. The molecule has 0 unspecified atom stereocenters. The van der Waals surface area contributed by atoms with Crippen molar-refractivity contribution in [1.29, 1.82) is 0 Å². The van der Waals surface area contributed by atoms with Gasteiger partial charge in [0.15, 0.2) is 11.6 Å². The highest BCUT2D eigenvalue weighted by molar-refractivity contribution is 5.65. The van der Waals surface area contributed by atoms with Gasteiger partial charge < -0.3 is 4.74 Å². The van der Waals surface area contributed by atoms with Crippen LogP contribution < -0.4 is 4.74 Å². The summed E-state index contributed by atoms with van der Waals surface area (Å²) in [4.78, 5) is 0. The van der Waals surface area contributed by atoms with E-state index in [2.05, 4.69) is 18.7 Å². The number of hydrogen-bond donors (Lipinski definition) is 0. The first-order valence-corrected chi connectivity index (χ1v) is 14.3. The van der Waals surface area contributed by atoms with Crippen molar-refractivity contribution in [2.24, 2.45) is 0 Å². The highest BCUT2D eigenvalue weighted by Gasteiger charge is 2.30. The zero-order valence-electron chi connectivity index (χ0n) is 23.5. The Balaban J connectivity index is 1.15. The van der Waals surface area contributed by atoms with Crippen molar-refractivity contribution in [2.45, 2.75) is 63.9 Å². The highest BCUT2D eigenvalue weighted by Crippen LogP contribution is 2.30. The Bertz CT molecular complexity index is 1450. The van der Waals surface area contributed by atoms with E-state index >= 15 is 0 Å². The lowest BCUT2D eigenvalue weighted by Crippen LogP contribution is -2.24. The number of ether oxygens (including phenoxy) is 1. The molecular weight excluding hydrogens is 543 g/mol. The largest absolute Gasteiger partial charge is 0.433 e. The van der Waals surface area contributed by atoms with Crippen molar-refractivity contribution < 1.29 is 26.7 Å². The van der Waals surface area contributed by atoms with Gasteiger partial charge in [0, 0.05) is 5.56 Å². The van der Waals surface area contributed by atoms with E-state index in [1.54, 1.807) is 36.4 Å². The van der Waals surface area contributed by atoms with Crippen LogP contribution in [0, 0.1) is 17.5 Å². The summed E-state index contributed by atoms with van der Waals surface area (Å²) in [5.74, 6) is -2.36. The van der Waals surface area contributed by atoms with Crippen molar-refractivity contribution in [2.75, 3.05) is 0 Å². The van der Waals surface area contributed by atoms with Crippen LogP contribution in [0.2, 0.25) is 0 Å². The predicted octanol–water partition coefficient (Wildman–Crippen LogP) is 11.1. The molecule has 6 heteroatoms. The van der Waals surface area contributed by atoms with Crippen molar-refractivity contribution in [3.8, 4) is 28.0 Å². The van der Waals surface area contributed by atoms with E-state index in [1.807, 2.05) is 18.2 Å². The van der Waals surface area contributed by atoms with Crippen LogP contribution in [-0.4, -0.2) is 6.11 Å². The molecule has 0 radical (unpaired) electrons. The maximum absolute atomic E-state index is 14.6. The number of hydrogen-bond acceptors (Lipinski definition) is 1. The number of allylic oxidation sites excluding steroid dienone is 1. The normalized spacial score (nSPS) is 11.5. The average Bonchev–Trinajstić information content (AvgIpc) is 2.97. The lowest BCUT2D eigenvalue weighted by Gasteiger charge is -2.18. The predicted molar refractivity (Wildman–Crippen MR) is 159 cm³/mol. The summed E-state index contributed by atoms with van der Waals surface area (Å²) in [6, 6.07) is 22.9.